The highest BCUT2D eigenvalue weighted by Crippen LogP contribution is 2.38. The van der Waals surface area contributed by atoms with Crippen LogP contribution in [0.5, 0.6) is 0 Å². The molecule has 1 N–H and O–H groups in total. The summed E-state index contributed by atoms with van der Waals surface area (Å²) >= 11 is 18.5. The first-order valence-corrected chi connectivity index (χ1v) is 7.22. The van der Waals surface area contributed by atoms with E-state index < -0.39 is 0 Å². The Balaban J connectivity index is 2.34. The Labute approximate surface area is 122 Å². The van der Waals surface area contributed by atoms with Crippen LogP contribution in [0.4, 0.5) is 0 Å². The van der Waals surface area contributed by atoms with E-state index in [1.54, 1.807) is 6.20 Å². The first-order chi connectivity index (χ1) is 8.65. The number of hydrogen-bond donors (Lipinski definition) is 1. The quantitative estimate of drug-likeness (QED) is 0.868. The summed E-state index contributed by atoms with van der Waals surface area (Å²) in [7, 11) is 0. The molecule has 18 heavy (non-hydrogen) atoms. The van der Waals surface area contributed by atoms with Gasteiger partial charge in [0.1, 0.15) is 5.15 Å². The van der Waals surface area contributed by atoms with Gasteiger partial charge in [-0.05, 0) is 6.42 Å². The lowest BCUT2D eigenvalue weighted by molar-refractivity contribution is 0.169. The number of nitrogens with zero attached hydrogens (tertiary/aromatic N) is 2. The summed E-state index contributed by atoms with van der Waals surface area (Å²) in [6, 6.07) is 0.201. The zero-order valence-corrected chi connectivity index (χ0v) is 12.5. The van der Waals surface area contributed by atoms with Crippen molar-refractivity contribution in [3.63, 3.8) is 0 Å². The summed E-state index contributed by atoms with van der Waals surface area (Å²) in [5.74, 6) is 0. The molecule has 0 saturated carbocycles. The van der Waals surface area contributed by atoms with E-state index in [0.717, 1.165) is 38.2 Å². The molecule has 0 aromatic carbocycles. The Kier molecular flexibility index (Phi) is 5.10. The molecule has 0 spiro atoms. The van der Waals surface area contributed by atoms with Gasteiger partial charge in [-0.25, -0.2) is 4.98 Å². The first kappa shape index (κ1) is 14.4. The number of nitrogens with one attached hydrogen (secondary N) is 1. The summed E-state index contributed by atoms with van der Waals surface area (Å²) in [5, 5.41) is 4.74. The maximum Gasteiger partial charge on any atom is 0.148 e. The van der Waals surface area contributed by atoms with Gasteiger partial charge < -0.3 is 5.32 Å². The number of rotatable bonds is 3. The molecule has 0 aliphatic carbocycles. The second-order valence-corrected chi connectivity index (χ2v) is 5.48. The number of piperazine rings is 1. The molecule has 0 bridgehead atoms. The SMILES string of the molecule is CC[C@@H](c1c(Cl)cnc(Cl)c1Cl)N1CCNCC1. The summed E-state index contributed by atoms with van der Waals surface area (Å²) in [5.41, 5.74) is 0.905. The Bertz CT molecular complexity index is 419. The van der Waals surface area contributed by atoms with Gasteiger partial charge in [-0.2, -0.15) is 0 Å². The molecule has 0 unspecified atom stereocenters. The summed E-state index contributed by atoms with van der Waals surface area (Å²) in [4.78, 5) is 6.36. The average Bonchev–Trinajstić information content (AvgIpc) is 2.40. The molecular weight excluding hydrogens is 293 g/mol. The van der Waals surface area contributed by atoms with Gasteiger partial charge >= 0.3 is 0 Å². The average molecular weight is 309 g/mol. The Morgan fingerprint density at radius 1 is 1.33 bits per heavy atom. The fourth-order valence-corrected chi connectivity index (χ4v) is 3.14. The first-order valence-electron chi connectivity index (χ1n) is 6.09. The normalized spacial score (nSPS) is 18.9. The van der Waals surface area contributed by atoms with Crippen LogP contribution in [-0.4, -0.2) is 36.1 Å². The van der Waals surface area contributed by atoms with E-state index in [2.05, 4.69) is 22.1 Å². The molecule has 1 fully saturated rings. The summed E-state index contributed by atoms with van der Waals surface area (Å²) < 4.78 is 0. The van der Waals surface area contributed by atoms with Crippen molar-refractivity contribution in [3.8, 4) is 0 Å². The van der Waals surface area contributed by atoms with Crippen molar-refractivity contribution in [2.75, 3.05) is 26.2 Å². The molecule has 100 valence electrons. The smallest absolute Gasteiger partial charge is 0.148 e. The van der Waals surface area contributed by atoms with Gasteiger partial charge in [0.25, 0.3) is 0 Å². The molecule has 2 heterocycles. The van der Waals surface area contributed by atoms with Crippen molar-refractivity contribution in [2.24, 2.45) is 0 Å². The van der Waals surface area contributed by atoms with E-state index in [1.165, 1.54) is 0 Å². The van der Waals surface area contributed by atoms with Crippen molar-refractivity contribution in [3.05, 3.63) is 27.0 Å². The molecule has 1 aliphatic rings. The molecule has 6 heteroatoms. The standard InChI is InChI=1S/C12H16Cl3N3/c1-2-9(18-5-3-16-4-6-18)10-8(13)7-17-12(15)11(10)14/h7,9,16H,2-6H2,1H3/t9-/m0/s1. The highest BCUT2D eigenvalue weighted by atomic mass is 35.5. The van der Waals surface area contributed by atoms with Gasteiger partial charge in [0.2, 0.25) is 0 Å². The molecule has 0 amide bonds. The van der Waals surface area contributed by atoms with E-state index in [1.807, 2.05) is 0 Å². The monoisotopic (exact) mass is 307 g/mol. The minimum atomic E-state index is 0.201. The van der Waals surface area contributed by atoms with Gasteiger partial charge in [0.15, 0.2) is 0 Å². The number of aromatic nitrogens is 1. The van der Waals surface area contributed by atoms with Crippen LogP contribution >= 0.6 is 34.8 Å². The predicted octanol–water partition coefficient (Wildman–Crippen LogP) is 3.40. The van der Waals surface area contributed by atoms with Crippen LogP contribution in [0.25, 0.3) is 0 Å². The van der Waals surface area contributed by atoms with Crippen molar-refractivity contribution in [1.82, 2.24) is 15.2 Å². The molecule has 1 aromatic rings. The van der Waals surface area contributed by atoms with Crippen molar-refractivity contribution < 1.29 is 0 Å². The molecule has 1 aliphatic heterocycles. The highest BCUT2D eigenvalue weighted by Gasteiger charge is 2.26. The second-order valence-electron chi connectivity index (χ2n) is 4.33. The lowest BCUT2D eigenvalue weighted by atomic mass is 10.0. The van der Waals surface area contributed by atoms with Crippen LogP contribution in [0.15, 0.2) is 6.20 Å². The van der Waals surface area contributed by atoms with Crippen LogP contribution < -0.4 is 5.32 Å². The number of pyridine rings is 1. The van der Waals surface area contributed by atoms with E-state index in [-0.39, 0.29) is 6.04 Å². The zero-order chi connectivity index (χ0) is 13.1. The fraction of sp³-hybridized carbons (Fsp3) is 0.583. The fourth-order valence-electron chi connectivity index (χ4n) is 2.40. The molecule has 0 radical (unpaired) electrons. The van der Waals surface area contributed by atoms with Gasteiger partial charge in [-0.3, -0.25) is 4.90 Å². The second kappa shape index (κ2) is 6.40. The third-order valence-corrected chi connectivity index (χ3v) is 4.35. The van der Waals surface area contributed by atoms with E-state index in [9.17, 15) is 0 Å². The van der Waals surface area contributed by atoms with Crippen LogP contribution in [0, 0.1) is 0 Å². The van der Waals surface area contributed by atoms with Crippen LogP contribution in [0.2, 0.25) is 15.2 Å². The Hall–Kier alpha value is -0.0600. The molecule has 1 atom stereocenters. The van der Waals surface area contributed by atoms with Crippen LogP contribution in [0.1, 0.15) is 24.9 Å². The largest absolute Gasteiger partial charge is 0.314 e. The predicted molar refractivity (Wildman–Crippen MR) is 76.7 cm³/mol. The van der Waals surface area contributed by atoms with E-state index in [4.69, 9.17) is 34.8 Å². The molecule has 1 aromatic heterocycles. The van der Waals surface area contributed by atoms with Gasteiger partial charge in [0.05, 0.1) is 10.0 Å². The van der Waals surface area contributed by atoms with Crippen molar-refractivity contribution in [2.45, 2.75) is 19.4 Å². The summed E-state index contributed by atoms with van der Waals surface area (Å²) in [6.45, 7) is 6.10. The maximum absolute atomic E-state index is 6.27. The van der Waals surface area contributed by atoms with Gasteiger partial charge in [0, 0.05) is 44.0 Å². The minimum Gasteiger partial charge on any atom is -0.314 e. The Morgan fingerprint density at radius 2 is 2.00 bits per heavy atom. The zero-order valence-electron chi connectivity index (χ0n) is 10.2. The maximum atomic E-state index is 6.27. The molecular formula is C12H16Cl3N3. The Morgan fingerprint density at radius 3 is 2.61 bits per heavy atom. The van der Waals surface area contributed by atoms with Gasteiger partial charge in [-0.15, -0.1) is 0 Å². The molecule has 3 nitrogen and oxygen atoms in total. The molecule has 2 rings (SSSR count). The summed E-state index contributed by atoms with van der Waals surface area (Å²) in [6.07, 6.45) is 2.52. The third-order valence-electron chi connectivity index (χ3n) is 3.28. The lowest BCUT2D eigenvalue weighted by Crippen LogP contribution is -2.45. The van der Waals surface area contributed by atoms with Crippen molar-refractivity contribution >= 4 is 34.8 Å². The van der Waals surface area contributed by atoms with Crippen LogP contribution in [0.3, 0.4) is 0 Å². The van der Waals surface area contributed by atoms with Crippen molar-refractivity contribution in [1.29, 1.82) is 0 Å². The minimum absolute atomic E-state index is 0.201. The van der Waals surface area contributed by atoms with Gasteiger partial charge in [-0.1, -0.05) is 41.7 Å². The van der Waals surface area contributed by atoms with E-state index >= 15 is 0 Å². The number of hydrogen-bond acceptors (Lipinski definition) is 3. The topological polar surface area (TPSA) is 28.2 Å². The lowest BCUT2D eigenvalue weighted by Gasteiger charge is -2.35. The number of halogens is 3. The molecule has 1 saturated heterocycles. The highest BCUT2D eigenvalue weighted by molar-refractivity contribution is 6.43. The van der Waals surface area contributed by atoms with E-state index in [0.29, 0.717) is 15.2 Å². The third kappa shape index (κ3) is 2.91. The van der Waals surface area contributed by atoms with Crippen LogP contribution in [-0.2, 0) is 0 Å².